The molecular formula is C14H30N4. The minimum absolute atomic E-state index is 0.0297. The lowest BCUT2D eigenvalue weighted by Crippen LogP contribution is -2.34. The summed E-state index contributed by atoms with van der Waals surface area (Å²) >= 11 is 0. The van der Waals surface area contributed by atoms with Crippen LogP contribution in [0, 0.1) is 16.7 Å². The van der Waals surface area contributed by atoms with E-state index in [2.05, 4.69) is 6.92 Å². The van der Waals surface area contributed by atoms with Gasteiger partial charge in [-0.15, -0.1) is 0 Å². The molecule has 0 fully saturated rings. The van der Waals surface area contributed by atoms with Crippen molar-refractivity contribution in [1.29, 1.82) is 10.8 Å². The van der Waals surface area contributed by atoms with E-state index in [-0.39, 0.29) is 17.6 Å². The monoisotopic (exact) mass is 254 g/mol. The van der Waals surface area contributed by atoms with E-state index in [0.717, 1.165) is 19.3 Å². The molecule has 0 aliphatic heterocycles. The lowest BCUT2D eigenvalue weighted by Gasteiger charge is -2.13. The van der Waals surface area contributed by atoms with Gasteiger partial charge in [-0.25, -0.2) is 0 Å². The third kappa shape index (κ3) is 9.02. The van der Waals surface area contributed by atoms with Gasteiger partial charge in [0, 0.05) is 0 Å². The zero-order valence-corrected chi connectivity index (χ0v) is 11.8. The molecule has 0 saturated heterocycles. The predicted molar refractivity (Wildman–Crippen MR) is 79.2 cm³/mol. The fourth-order valence-corrected chi connectivity index (χ4v) is 2.14. The van der Waals surface area contributed by atoms with Crippen LogP contribution in [0.2, 0.25) is 0 Å². The Morgan fingerprint density at radius 3 is 1.56 bits per heavy atom. The van der Waals surface area contributed by atoms with Gasteiger partial charge in [0.15, 0.2) is 0 Å². The Morgan fingerprint density at radius 2 is 1.17 bits per heavy atom. The Bertz CT molecular complexity index is 224. The lowest BCUT2D eigenvalue weighted by molar-refractivity contribution is 0.550. The van der Waals surface area contributed by atoms with Crippen LogP contribution in [0.3, 0.4) is 0 Å². The van der Waals surface area contributed by atoms with Gasteiger partial charge in [-0.3, -0.25) is 10.8 Å². The van der Waals surface area contributed by atoms with E-state index < -0.39 is 0 Å². The van der Waals surface area contributed by atoms with Crippen molar-refractivity contribution in [3.63, 3.8) is 0 Å². The molecule has 0 rings (SSSR count). The molecular weight excluding hydrogens is 224 g/mol. The number of rotatable bonds is 12. The molecule has 0 aromatic heterocycles. The Hall–Kier alpha value is -1.06. The van der Waals surface area contributed by atoms with E-state index in [1.165, 1.54) is 44.9 Å². The van der Waals surface area contributed by atoms with Crippen molar-refractivity contribution in [3.05, 3.63) is 0 Å². The van der Waals surface area contributed by atoms with E-state index in [1.54, 1.807) is 0 Å². The Kier molecular flexibility index (Phi) is 10.4. The largest absolute Gasteiger partial charge is 0.387 e. The quantitative estimate of drug-likeness (QED) is 0.244. The van der Waals surface area contributed by atoms with Gasteiger partial charge in [0.25, 0.3) is 0 Å². The summed E-state index contributed by atoms with van der Waals surface area (Å²) in [5.41, 5.74) is 10.8. The lowest BCUT2D eigenvalue weighted by atomic mass is 9.98. The molecule has 4 heteroatoms. The van der Waals surface area contributed by atoms with Crippen LogP contribution in [0.4, 0.5) is 0 Å². The van der Waals surface area contributed by atoms with E-state index in [1.807, 2.05) is 0 Å². The first-order valence-electron chi connectivity index (χ1n) is 7.27. The number of nitrogens with two attached hydrogens (primary N) is 2. The van der Waals surface area contributed by atoms with Crippen molar-refractivity contribution in [2.45, 2.75) is 71.1 Å². The second-order valence-corrected chi connectivity index (χ2v) is 5.08. The highest BCUT2D eigenvalue weighted by atomic mass is 14.8. The number of nitrogens with one attached hydrogen (secondary N) is 2. The minimum atomic E-state index is -0.338. The SMILES string of the molecule is CCCCCCCCCCCC(C(=N)N)C(=N)N. The van der Waals surface area contributed by atoms with Crippen LogP contribution >= 0.6 is 0 Å². The molecule has 6 N–H and O–H groups in total. The highest BCUT2D eigenvalue weighted by Gasteiger charge is 2.14. The van der Waals surface area contributed by atoms with Gasteiger partial charge in [-0.2, -0.15) is 0 Å². The second kappa shape index (κ2) is 11.1. The summed E-state index contributed by atoms with van der Waals surface area (Å²) in [6.45, 7) is 2.24. The van der Waals surface area contributed by atoms with Crippen LogP contribution in [-0.4, -0.2) is 11.7 Å². The first kappa shape index (κ1) is 16.9. The first-order chi connectivity index (χ1) is 8.59. The highest BCUT2D eigenvalue weighted by Crippen LogP contribution is 2.13. The van der Waals surface area contributed by atoms with E-state index in [9.17, 15) is 0 Å². The number of hydrogen-bond acceptors (Lipinski definition) is 2. The summed E-state index contributed by atoms with van der Waals surface area (Å²) in [6.07, 6.45) is 12.2. The summed E-state index contributed by atoms with van der Waals surface area (Å²) in [7, 11) is 0. The summed E-state index contributed by atoms with van der Waals surface area (Å²) in [5.74, 6) is -0.279. The molecule has 0 aromatic carbocycles. The summed E-state index contributed by atoms with van der Waals surface area (Å²) in [5, 5.41) is 14.7. The maximum Gasteiger partial charge on any atom is 0.101 e. The van der Waals surface area contributed by atoms with Gasteiger partial charge in [-0.05, 0) is 6.42 Å². The Morgan fingerprint density at radius 1 is 0.778 bits per heavy atom. The molecule has 106 valence electrons. The molecule has 0 aromatic rings. The van der Waals surface area contributed by atoms with E-state index >= 15 is 0 Å². The van der Waals surface area contributed by atoms with Crippen LogP contribution in [0.15, 0.2) is 0 Å². The molecule has 0 aliphatic carbocycles. The van der Waals surface area contributed by atoms with Gasteiger partial charge >= 0.3 is 0 Å². The van der Waals surface area contributed by atoms with Gasteiger partial charge in [0.2, 0.25) is 0 Å². The zero-order chi connectivity index (χ0) is 13.8. The van der Waals surface area contributed by atoms with Crippen LogP contribution in [0.1, 0.15) is 71.1 Å². The molecule has 4 nitrogen and oxygen atoms in total. The average Bonchev–Trinajstić information content (AvgIpc) is 2.30. The zero-order valence-electron chi connectivity index (χ0n) is 11.8. The summed E-state index contributed by atoms with van der Waals surface area (Å²) in [4.78, 5) is 0. The molecule has 18 heavy (non-hydrogen) atoms. The third-order valence-corrected chi connectivity index (χ3v) is 3.35. The van der Waals surface area contributed by atoms with Crippen molar-refractivity contribution < 1.29 is 0 Å². The van der Waals surface area contributed by atoms with Crippen molar-refractivity contribution in [1.82, 2.24) is 0 Å². The molecule has 0 radical (unpaired) electrons. The smallest absolute Gasteiger partial charge is 0.101 e. The molecule has 0 atom stereocenters. The molecule has 0 unspecified atom stereocenters. The van der Waals surface area contributed by atoms with Gasteiger partial charge in [-0.1, -0.05) is 64.7 Å². The predicted octanol–water partition coefficient (Wildman–Crippen LogP) is 3.40. The topological polar surface area (TPSA) is 99.7 Å². The van der Waals surface area contributed by atoms with Crippen molar-refractivity contribution in [2.75, 3.05) is 0 Å². The molecule has 0 amide bonds. The van der Waals surface area contributed by atoms with Crippen LogP contribution in [0.5, 0.6) is 0 Å². The molecule has 0 aliphatic rings. The van der Waals surface area contributed by atoms with E-state index in [0.29, 0.717) is 0 Å². The van der Waals surface area contributed by atoms with Gasteiger partial charge in [0.05, 0.1) is 5.92 Å². The normalized spacial score (nSPS) is 12.3. The first-order valence-corrected chi connectivity index (χ1v) is 7.27. The van der Waals surface area contributed by atoms with Gasteiger partial charge in [0.1, 0.15) is 11.7 Å². The molecule has 0 bridgehead atoms. The standard InChI is InChI=1S/C14H30N4/c1-2-3-4-5-6-7-8-9-10-11-12(13(15)16)14(17)18/h12H,2-11H2,1H3,(H3,15,16)(H3,17,18). The Labute approximate surface area is 112 Å². The molecule has 0 heterocycles. The Balaban J connectivity index is 3.39. The van der Waals surface area contributed by atoms with Crippen LogP contribution in [0.25, 0.3) is 0 Å². The van der Waals surface area contributed by atoms with Crippen LogP contribution < -0.4 is 11.5 Å². The maximum absolute atomic E-state index is 7.35. The molecule has 0 spiro atoms. The van der Waals surface area contributed by atoms with Gasteiger partial charge < -0.3 is 11.5 Å². The number of amidine groups is 2. The highest BCUT2D eigenvalue weighted by molar-refractivity contribution is 6.01. The minimum Gasteiger partial charge on any atom is -0.387 e. The number of unbranched alkanes of at least 4 members (excludes halogenated alkanes) is 8. The summed E-state index contributed by atoms with van der Waals surface area (Å²) < 4.78 is 0. The van der Waals surface area contributed by atoms with E-state index in [4.69, 9.17) is 22.3 Å². The number of hydrogen-bond donors (Lipinski definition) is 4. The van der Waals surface area contributed by atoms with Crippen LogP contribution in [-0.2, 0) is 0 Å². The van der Waals surface area contributed by atoms with Crippen molar-refractivity contribution in [3.8, 4) is 0 Å². The second-order valence-electron chi connectivity index (χ2n) is 5.08. The summed E-state index contributed by atoms with van der Waals surface area (Å²) in [6, 6.07) is 0. The van der Waals surface area contributed by atoms with Crippen molar-refractivity contribution >= 4 is 11.7 Å². The fraction of sp³-hybridized carbons (Fsp3) is 0.857. The fourth-order valence-electron chi connectivity index (χ4n) is 2.14. The average molecular weight is 254 g/mol. The maximum atomic E-state index is 7.35. The third-order valence-electron chi connectivity index (χ3n) is 3.35. The van der Waals surface area contributed by atoms with Crippen molar-refractivity contribution in [2.24, 2.45) is 17.4 Å². The molecule has 0 saturated carbocycles.